The van der Waals surface area contributed by atoms with E-state index >= 15 is 0 Å². The maximum absolute atomic E-state index is 10.0. The standard InChI is InChI=1S/C13H18O2/c1-12(2,15-3)10-5-4-6-11(9-10)13(14)7-8-13/h4-6,9,14H,7-8H2,1-3H3. The van der Waals surface area contributed by atoms with Crippen LogP contribution in [0.4, 0.5) is 0 Å². The van der Waals surface area contributed by atoms with Crippen molar-refractivity contribution in [2.75, 3.05) is 7.11 Å². The van der Waals surface area contributed by atoms with Gasteiger partial charge in [0.2, 0.25) is 0 Å². The lowest BCUT2D eigenvalue weighted by atomic mass is 9.94. The van der Waals surface area contributed by atoms with E-state index < -0.39 is 5.60 Å². The van der Waals surface area contributed by atoms with Gasteiger partial charge in [-0.3, -0.25) is 0 Å². The summed E-state index contributed by atoms with van der Waals surface area (Å²) in [4.78, 5) is 0. The highest BCUT2D eigenvalue weighted by molar-refractivity contribution is 5.34. The van der Waals surface area contributed by atoms with Crippen LogP contribution in [0.1, 0.15) is 37.8 Å². The largest absolute Gasteiger partial charge is 0.385 e. The number of aliphatic hydroxyl groups is 1. The molecule has 1 fully saturated rings. The van der Waals surface area contributed by atoms with Crippen molar-refractivity contribution in [3.05, 3.63) is 35.4 Å². The van der Waals surface area contributed by atoms with Crippen molar-refractivity contribution in [3.63, 3.8) is 0 Å². The number of hydrogen-bond acceptors (Lipinski definition) is 2. The van der Waals surface area contributed by atoms with Crippen LogP contribution in [0.2, 0.25) is 0 Å². The quantitative estimate of drug-likeness (QED) is 0.823. The van der Waals surface area contributed by atoms with Gasteiger partial charge < -0.3 is 9.84 Å². The van der Waals surface area contributed by atoms with E-state index in [0.29, 0.717) is 0 Å². The molecule has 1 saturated carbocycles. The number of methoxy groups -OCH3 is 1. The molecular formula is C13H18O2. The minimum Gasteiger partial charge on any atom is -0.385 e. The fraction of sp³-hybridized carbons (Fsp3) is 0.538. The molecule has 0 bridgehead atoms. The summed E-state index contributed by atoms with van der Waals surface area (Å²) < 4.78 is 5.43. The van der Waals surface area contributed by atoms with Crippen LogP contribution in [0.5, 0.6) is 0 Å². The lowest BCUT2D eigenvalue weighted by Crippen LogP contribution is -2.20. The van der Waals surface area contributed by atoms with Crippen LogP contribution in [-0.4, -0.2) is 12.2 Å². The predicted octanol–water partition coefficient (Wildman–Crippen LogP) is 2.55. The van der Waals surface area contributed by atoms with Crippen molar-refractivity contribution < 1.29 is 9.84 Å². The summed E-state index contributed by atoms with van der Waals surface area (Å²) in [5.74, 6) is 0. The van der Waals surface area contributed by atoms with Crippen LogP contribution in [0.25, 0.3) is 0 Å². The van der Waals surface area contributed by atoms with Crippen molar-refractivity contribution in [1.82, 2.24) is 0 Å². The SMILES string of the molecule is COC(C)(C)c1cccc(C2(O)CC2)c1. The Bertz CT molecular complexity index is 365. The average Bonchev–Trinajstić information content (AvgIpc) is 2.98. The van der Waals surface area contributed by atoms with Crippen LogP contribution in [0.15, 0.2) is 24.3 Å². The van der Waals surface area contributed by atoms with Gasteiger partial charge in [-0.2, -0.15) is 0 Å². The van der Waals surface area contributed by atoms with E-state index in [0.717, 1.165) is 24.0 Å². The molecule has 0 spiro atoms. The first-order chi connectivity index (χ1) is 6.98. The van der Waals surface area contributed by atoms with E-state index in [1.807, 2.05) is 32.0 Å². The maximum atomic E-state index is 10.0. The van der Waals surface area contributed by atoms with E-state index in [-0.39, 0.29) is 5.60 Å². The fourth-order valence-electron chi connectivity index (χ4n) is 1.71. The zero-order valence-corrected chi connectivity index (χ0v) is 9.58. The topological polar surface area (TPSA) is 29.5 Å². The Morgan fingerprint density at radius 3 is 2.53 bits per heavy atom. The maximum Gasteiger partial charge on any atom is 0.0899 e. The minimum atomic E-state index is -0.556. The van der Waals surface area contributed by atoms with E-state index in [1.54, 1.807) is 7.11 Å². The molecule has 1 aromatic carbocycles. The van der Waals surface area contributed by atoms with Gasteiger partial charge in [0.1, 0.15) is 0 Å². The second kappa shape index (κ2) is 3.32. The molecule has 0 radical (unpaired) electrons. The smallest absolute Gasteiger partial charge is 0.0899 e. The third-order valence-electron chi connectivity index (χ3n) is 3.33. The van der Waals surface area contributed by atoms with Crippen molar-refractivity contribution in [2.24, 2.45) is 0 Å². The van der Waals surface area contributed by atoms with Crippen molar-refractivity contribution in [3.8, 4) is 0 Å². The molecule has 0 aromatic heterocycles. The molecule has 2 rings (SSSR count). The molecule has 15 heavy (non-hydrogen) atoms. The molecule has 2 heteroatoms. The summed E-state index contributed by atoms with van der Waals surface area (Å²) in [5.41, 5.74) is 1.29. The Kier molecular flexibility index (Phi) is 2.36. The van der Waals surface area contributed by atoms with E-state index in [1.165, 1.54) is 0 Å². The molecule has 0 heterocycles. The number of rotatable bonds is 3. The highest BCUT2D eigenvalue weighted by Crippen LogP contribution is 2.45. The number of ether oxygens (including phenoxy) is 1. The molecule has 82 valence electrons. The zero-order chi connectivity index (χ0) is 11.1. The van der Waals surface area contributed by atoms with E-state index in [9.17, 15) is 5.11 Å². The molecular weight excluding hydrogens is 188 g/mol. The molecule has 1 aliphatic carbocycles. The normalized spacial score (nSPS) is 18.9. The van der Waals surface area contributed by atoms with Crippen LogP contribution < -0.4 is 0 Å². The second-order valence-corrected chi connectivity index (χ2v) is 4.83. The van der Waals surface area contributed by atoms with Crippen molar-refractivity contribution in [2.45, 2.75) is 37.9 Å². The Balaban J connectivity index is 2.35. The van der Waals surface area contributed by atoms with Gasteiger partial charge in [0.15, 0.2) is 0 Å². The summed E-state index contributed by atoms with van der Waals surface area (Å²) in [6.07, 6.45) is 1.76. The van der Waals surface area contributed by atoms with Crippen LogP contribution in [0.3, 0.4) is 0 Å². The summed E-state index contributed by atoms with van der Waals surface area (Å²) in [6, 6.07) is 8.07. The zero-order valence-electron chi connectivity index (χ0n) is 9.58. The highest BCUT2D eigenvalue weighted by atomic mass is 16.5. The highest BCUT2D eigenvalue weighted by Gasteiger charge is 2.42. The van der Waals surface area contributed by atoms with Crippen molar-refractivity contribution >= 4 is 0 Å². The predicted molar refractivity (Wildman–Crippen MR) is 59.6 cm³/mol. The van der Waals surface area contributed by atoms with Crippen LogP contribution in [-0.2, 0) is 15.9 Å². The summed E-state index contributed by atoms with van der Waals surface area (Å²) >= 11 is 0. The first kappa shape index (κ1) is 10.7. The Labute approximate surface area is 90.9 Å². The van der Waals surface area contributed by atoms with Gasteiger partial charge in [-0.15, -0.1) is 0 Å². The van der Waals surface area contributed by atoms with Gasteiger partial charge >= 0.3 is 0 Å². The van der Waals surface area contributed by atoms with Gasteiger partial charge in [-0.1, -0.05) is 24.3 Å². The van der Waals surface area contributed by atoms with E-state index in [4.69, 9.17) is 4.74 Å². The first-order valence-electron chi connectivity index (χ1n) is 5.36. The average molecular weight is 206 g/mol. The molecule has 0 amide bonds. The molecule has 0 atom stereocenters. The lowest BCUT2D eigenvalue weighted by molar-refractivity contribution is 0.0189. The van der Waals surface area contributed by atoms with Gasteiger partial charge in [0.25, 0.3) is 0 Å². The van der Waals surface area contributed by atoms with Gasteiger partial charge in [-0.25, -0.2) is 0 Å². The summed E-state index contributed by atoms with van der Waals surface area (Å²) in [7, 11) is 1.71. The Hall–Kier alpha value is -0.860. The van der Waals surface area contributed by atoms with Crippen LogP contribution >= 0.6 is 0 Å². The molecule has 1 aliphatic rings. The van der Waals surface area contributed by atoms with Gasteiger partial charge in [-0.05, 0) is 37.8 Å². The summed E-state index contributed by atoms with van der Waals surface area (Å²) in [6.45, 7) is 4.06. The monoisotopic (exact) mass is 206 g/mol. The molecule has 0 aliphatic heterocycles. The molecule has 2 nitrogen and oxygen atoms in total. The van der Waals surface area contributed by atoms with Crippen LogP contribution in [0, 0.1) is 0 Å². The van der Waals surface area contributed by atoms with Gasteiger partial charge in [0.05, 0.1) is 11.2 Å². The molecule has 1 N–H and O–H groups in total. The number of benzene rings is 1. The fourth-order valence-corrected chi connectivity index (χ4v) is 1.71. The molecule has 1 aromatic rings. The second-order valence-electron chi connectivity index (χ2n) is 4.83. The number of hydrogen-bond donors (Lipinski definition) is 1. The van der Waals surface area contributed by atoms with Crippen molar-refractivity contribution in [1.29, 1.82) is 0 Å². The van der Waals surface area contributed by atoms with Gasteiger partial charge in [0, 0.05) is 7.11 Å². The third kappa shape index (κ3) is 1.92. The third-order valence-corrected chi connectivity index (χ3v) is 3.33. The molecule has 0 saturated heterocycles. The molecule has 0 unspecified atom stereocenters. The lowest BCUT2D eigenvalue weighted by Gasteiger charge is -2.24. The Morgan fingerprint density at radius 1 is 1.33 bits per heavy atom. The minimum absolute atomic E-state index is 0.290. The summed E-state index contributed by atoms with van der Waals surface area (Å²) in [5, 5.41) is 10.0. The van der Waals surface area contributed by atoms with E-state index in [2.05, 4.69) is 6.07 Å². The first-order valence-corrected chi connectivity index (χ1v) is 5.36. The Morgan fingerprint density at radius 2 is 2.00 bits per heavy atom.